The monoisotopic (exact) mass is 607 g/mol. The number of H-pyrrole nitrogens is 1. The van der Waals surface area contributed by atoms with Crippen molar-refractivity contribution in [2.45, 2.75) is 31.7 Å². The number of carboxylic acids is 1. The summed E-state index contributed by atoms with van der Waals surface area (Å²) in [5.74, 6) is -1.53. The first kappa shape index (κ1) is 27.2. The summed E-state index contributed by atoms with van der Waals surface area (Å²) in [6.07, 6.45) is 5.17. The van der Waals surface area contributed by atoms with Crippen LogP contribution in [-0.4, -0.2) is 38.0 Å². The second-order valence-corrected chi connectivity index (χ2v) is 11.9. The molecule has 226 valence electrons. The molecule has 9 nitrogen and oxygen atoms in total. The van der Waals surface area contributed by atoms with Crippen molar-refractivity contribution < 1.29 is 28.2 Å². The molecule has 45 heavy (non-hydrogen) atoms. The highest BCUT2D eigenvalue weighted by Gasteiger charge is 2.47. The number of carbonyl (C=O) groups excluding carboxylic acids is 1. The van der Waals surface area contributed by atoms with Crippen molar-refractivity contribution in [3.05, 3.63) is 84.1 Å². The number of para-hydroxylation sites is 2. The number of nitrogens with zero attached hydrogens (tertiary/aromatic N) is 2. The fraction of sp³-hybridized carbons (Fsp3) is 0.235. The normalized spacial score (nSPS) is 21.8. The van der Waals surface area contributed by atoms with Crippen molar-refractivity contribution in [2.75, 3.05) is 10.6 Å². The standard InChI is InChI=1S/C34H27F2N5O4/c35-19-12-21-22(15-37-31(21)23(36)13-19)32-38-25(14-28(41-32)40-30-17-7-5-16(6-8-17)29(30)34(43)44)18-9-10-20-27(11-18)45-26-4-2-1-3-24(26)39-33(20)42/h1-4,9-17,29-30,37H,5-8H2,(H,39,42)(H,43,44)(H,38,40,41)/t16?,17?,29-,30-/m0/s1. The van der Waals surface area contributed by atoms with Gasteiger partial charge in [-0.3, -0.25) is 9.59 Å². The van der Waals surface area contributed by atoms with Gasteiger partial charge in [0.1, 0.15) is 23.2 Å². The SMILES string of the molecule is O=C1Nc2ccccc2Oc2cc(-c3cc(N[C@H]4C5CCC(CC5)[C@@H]4C(=O)O)nc(-c4c[nH]c5c(F)cc(F)cc45)n3)ccc21. The Labute approximate surface area is 255 Å². The molecular weight excluding hydrogens is 580 g/mol. The smallest absolute Gasteiger partial charge is 0.308 e. The molecule has 0 saturated heterocycles. The van der Waals surface area contributed by atoms with Crippen LogP contribution in [0.5, 0.6) is 11.5 Å². The van der Waals surface area contributed by atoms with Crippen LogP contribution in [0.15, 0.2) is 66.9 Å². The van der Waals surface area contributed by atoms with Crippen LogP contribution in [-0.2, 0) is 4.79 Å². The molecule has 1 amide bonds. The van der Waals surface area contributed by atoms with Gasteiger partial charge in [-0.1, -0.05) is 18.2 Å². The Balaban J connectivity index is 1.26. The van der Waals surface area contributed by atoms with E-state index < -0.39 is 23.5 Å². The van der Waals surface area contributed by atoms with Gasteiger partial charge in [-0.15, -0.1) is 0 Å². The van der Waals surface area contributed by atoms with Crippen molar-refractivity contribution >= 4 is 34.3 Å². The number of aromatic nitrogens is 3. The summed E-state index contributed by atoms with van der Waals surface area (Å²) in [4.78, 5) is 37.8. The molecule has 4 N–H and O–H groups in total. The van der Waals surface area contributed by atoms with Gasteiger partial charge in [-0.2, -0.15) is 0 Å². The van der Waals surface area contributed by atoms with Crippen molar-refractivity contribution in [1.29, 1.82) is 0 Å². The molecule has 3 aromatic carbocycles. The molecule has 3 fully saturated rings. The molecule has 2 aromatic heterocycles. The summed E-state index contributed by atoms with van der Waals surface area (Å²) in [6.45, 7) is 0. The van der Waals surface area contributed by atoms with Gasteiger partial charge in [0.25, 0.3) is 5.91 Å². The number of amides is 1. The average molecular weight is 608 g/mol. The highest BCUT2D eigenvalue weighted by Crippen LogP contribution is 2.47. The van der Waals surface area contributed by atoms with Crippen LogP contribution in [0, 0.1) is 29.4 Å². The van der Waals surface area contributed by atoms with Crippen LogP contribution in [0.2, 0.25) is 0 Å². The maximum atomic E-state index is 14.6. The lowest BCUT2D eigenvalue weighted by Crippen LogP contribution is -2.51. The van der Waals surface area contributed by atoms with Crippen LogP contribution >= 0.6 is 0 Å². The highest BCUT2D eigenvalue weighted by molar-refractivity contribution is 6.08. The number of fused-ring (bicyclic) bond motifs is 6. The van der Waals surface area contributed by atoms with Gasteiger partial charge in [-0.05, 0) is 67.9 Å². The van der Waals surface area contributed by atoms with Gasteiger partial charge in [0.05, 0.1) is 28.4 Å². The molecule has 3 aliphatic carbocycles. The van der Waals surface area contributed by atoms with Gasteiger partial charge in [0.15, 0.2) is 11.6 Å². The average Bonchev–Trinajstić information content (AvgIpc) is 3.40. The van der Waals surface area contributed by atoms with E-state index in [9.17, 15) is 23.5 Å². The molecule has 0 unspecified atom stereocenters. The first-order valence-electron chi connectivity index (χ1n) is 14.9. The number of rotatable bonds is 5. The first-order chi connectivity index (χ1) is 21.8. The Morgan fingerprint density at radius 2 is 1.73 bits per heavy atom. The van der Waals surface area contributed by atoms with E-state index >= 15 is 0 Å². The van der Waals surface area contributed by atoms with Crippen LogP contribution < -0.4 is 15.4 Å². The van der Waals surface area contributed by atoms with Crippen LogP contribution in [0.3, 0.4) is 0 Å². The number of aromatic amines is 1. The van der Waals surface area contributed by atoms with E-state index in [1.165, 1.54) is 12.3 Å². The van der Waals surface area contributed by atoms with Gasteiger partial charge >= 0.3 is 5.97 Å². The fourth-order valence-electron chi connectivity index (χ4n) is 7.23. The minimum atomic E-state index is -0.833. The van der Waals surface area contributed by atoms with E-state index in [0.717, 1.165) is 31.7 Å². The van der Waals surface area contributed by atoms with Crippen molar-refractivity contribution in [1.82, 2.24) is 15.0 Å². The molecule has 11 heteroatoms. The number of anilines is 2. The summed E-state index contributed by atoms with van der Waals surface area (Å²) >= 11 is 0. The maximum Gasteiger partial charge on any atom is 0.308 e. The second kappa shape index (κ2) is 10.4. The second-order valence-electron chi connectivity index (χ2n) is 11.9. The van der Waals surface area contributed by atoms with Crippen molar-refractivity contribution in [3.63, 3.8) is 0 Å². The predicted octanol–water partition coefficient (Wildman–Crippen LogP) is 7.23. The Morgan fingerprint density at radius 1 is 0.933 bits per heavy atom. The Morgan fingerprint density at radius 3 is 2.56 bits per heavy atom. The number of ether oxygens (including phenoxy) is 1. The van der Waals surface area contributed by atoms with Gasteiger partial charge in [0.2, 0.25) is 0 Å². The minimum absolute atomic E-state index is 0.0844. The summed E-state index contributed by atoms with van der Waals surface area (Å²) in [5, 5.41) is 16.7. The summed E-state index contributed by atoms with van der Waals surface area (Å²) in [6, 6.07) is 15.7. The molecule has 0 spiro atoms. The van der Waals surface area contributed by atoms with Crippen LogP contribution in [0.1, 0.15) is 36.0 Å². The highest BCUT2D eigenvalue weighted by atomic mass is 19.1. The quantitative estimate of drug-likeness (QED) is 0.166. The number of nitrogens with one attached hydrogen (secondary N) is 3. The third-order valence-electron chi connectivity index (χ3n) is 9.37. The number of hydrogen-bond acceptors (Lipinski definition) is 6. The summed E-state index contributed by atoms with van der Waals surface area (Å²) in [7, 11) is 0. The van der Waals surface area contributed by atoms with E-state index in [2.05, 4.69) is 15.6 Å². The number of aliphatic carboxylic acids is 1. The largest absolute Gasteiger partial charge is 0.481 e. The lowest BCUT2D eigenvalue weighted by Gasteiger charge is -2.47. The molecule has 4 aliphatic rings. The van der Waals surface area contributed by atoms with Gasteiger partial charge in [0, 0.05) is 40.9 Å². The number of hydrogen-bond donors (Lipinski definition) is 4. The zero-order chi connectivity index (χ0) is 30.8. The molecule has 5 aromatic rings. The Hall–Kier alpha value is -5.32. The lowest BCUT2D eigenvalue weighted by molar-refractivity contribution is -0.148. The molecule has 0 radical (unpaired) electrons. The number of halogens is 2. The Bertz CT molecular complexity index is 2020. The molecule has 1 aliphatic heterocycles. The van der Waals surface area contributed by atoms with Gasteiger partial charge in [-0.25, -0.2) is 18.7 Å². The Kier molecular flexibility index (Phi) is 6.29. The van der Waals surface area contributed by atoms with Crippen molar-refractivity contribution in [2.24, 2.45) is 17.8 Å². The molecular formula is C34H27F2N5O4. The third kappa shape index (κ3) is 4.66. The fourth-order valence-corrected chi connectivity index (χ4v) is 7.23. The predicted molar refractivity (Wildman–Crippen MR) is 163 cm³/mol. The molecule has 3 heterocycles. The van der Waals surface area contributed by atoms with Crippen LogP contribution in [0.4, 0.5) is 20.3 Å². The molecule has 9 rings (SSSR count). The van der Waals surface area contributed by atoms with Crippen LogP contribution in [0.25, 0.3) is 33.5 Å². The maximum absolute atomic E-state index is 14.6. The minimum Gasteiger partial charge on any atom is -0.481 e. The topological polar surface area (TPSA) is 129 Å². The number of benzene rings is 3. The zero-order valence-corrected chi connectivity index (χ0v) is 23.8. The lowest BCUT2D eigenvalue weighted by atomic mass is 9.61. The number of carbonyl (C=O) groups is 2. The molecule has 2 bridgehead atoms. The molecule has 3 saturated carbocycles. The first-order valence-corrected chi connectivity index (χ1v) is 14.9. The van der Waals surface area contributed by atoms with E-state index in [1.54, 1.807) is 42.5 Å². The van der Waals surface area contributed by atoms with Gasteiger partial charge < -0.3 is 25.5 Å². The van der Waals surface area contributed by atoms with E-state index in [4.69, 9.17) is 14.7 Å². The van der Waals surface area contributed by atoms with Crippen molar-refractivity contribution in [3.8, 4) is 34.1 Å². The van der Waals surface area contributed by atoms with E-state index in [-0.39, 0.29) is 40.5 Å². The third-order valence-corrected chi connectivity index (χ3v) is 9.37. The van der Waals surface area contributed by atoms with E-state index in [1.807, 2.05) is 6.07 Å². The number of carboxylic acid groups (broad SMARTS) is 1. The van der Waals surface area contributed by atoms with E-state index in [0.29, 0.717) is 45.4 Å². The zero-order valence-electron chi connectivity index (χ0n) is 23.8. The summed E-state index contributed by atoms with van der Waals surface area (Å²) < 4.78 is 35.1. The summed E-state index contributed by atoms with van der Waals surface area (Å²) in [5.41, 5.74) is 2.44. The molecule has 2 atom stereocenters.